The van der Waals surface area contributed by atoms with E-state index in [2.05, 4.69) is 4.18 Å². The third kappa shape index (κ3) is 7.87. The van der Waals surface area contributed by atoms with Gasteiger partial charge in [0.1, 0.15) is 0 Å². The van der Waals surface area contributed by atoms with Crippen molar-refractivity contribution in [2.24, 2.45) is 0 Å². The fourth-order valence-electron chi connectivity index (χ4n) is 0.353. The van der Waals surface area contributed by atoms with Crippen LogP contribution in [0, 0.1) is 0 Å². The summed E-state index contributed by atoms with van der Waals surface area (Å²) in [5.74, 6) is 0. The summed E-state index contributed by atoms with van der Waals surface area (Å²) in [5.41, 5.74) is 0. The van der Waals surface area contributed by atoms with Crippen LogP contribution in [-0.2, 0) is 15.2 Å². The lowest BCUT2D eigenvalue weighted by atomic mass is 10.3. The Morgan fingerprint density at radius 1 is 1.33 bits per heavy atom. The predicted octanol–water partition coefficient (Wildman–Crippen LogP) is -0.698. The molecule has 0 bridgehead atoms. The van der Waals surface area contributed by atoms with Gasteiger partial charge in [-0.25, -0.2) is 8.42 Å². The third-order valence-corrected chi connectivity index (χ3v) is 1.14. The van der Waals surface area contributed by atoms with Crippen LogP contribution in [0.25, 0.3) is 0 Å². The monoisotopic (exact) mass is 154 g/mol. The lowest BCUT2D eigenvalue weighted by Gasteiger charge is -1.92. The molecule has 0 saturated carbocycles. The molecule has 0 aromatic carbocycles. The highest BCUT2D eigenvalue weighted by atomic mass is 32.2. The molecule has 0 aromatic heterocycles. The van der Waals surface area contributed by atoms with Crippen LogP contribution >= 0.6 is 0 Å². The van der Waals surface area contributed by atoms with Gasteiger partial charge in [-0.05, 0) is 12.8 Å². The molecule has 0 aromatic rings. The van der Waals surface area contributed by atoms with Crippen LogP contribution in [-0.4, -0.2) is 26.7 Å². The zero-order valence-electron chi connectivity index (χ0n) is 4.95. The molecule has 0 aliphatic carbocycles. The van der Waals surface area contributed by atoms with Gasteiger partial charge in [0.05, 0.1) is 6.61 Å². The molecule has 0 radical (unpaired) electrons. The molecule has 0 heterocycles. The minimum absolute atomic E-state index is 0.0823. The standard InChI is InChI=1S/C4H10O4S/c5-3-1-2-4-8-9(6)7/h5,9H,1-4H2. The van der Waals surface area contributed by atoms with E-state index in [4.69, 9.17) is 5.11 Å². The van der Waals surface area contributed by atoms with Crippen LogP contribution in [0.5, 0.6) is 0 Å². The number of hydrogen-bond donors (Lipinski definition) is 2. The smallest absolute Gasteiger partial charge is 0.257 e. The van der Waals surface area contributed by atoms with Gasteiger partial charge in [-0.2, -0.15) is 0 Å². The maximum absolute atomic E-state index is 9.71. The quantitative estimate of drug-likeness (QED) is 0.406. The number of unbranched alkanes of at least 4 members (excludes halogenated alkanes) is 1. The topological polar surface area (TPSA) is 63.6 Å². The minimum Gasteiger partial charge on any atom is -0.396 e. The van der Waals surface area contributed by atoms with E-state index in [0.29, 0.717) is 12.8 Å². The molecular formula is C4H10O4S. The molecule has 0 atom stereocenters. The number of thiol groups is 1. The van der Waals surface area contributed by atoms with E-state index >= 15 is 0 Å². The van der Waals surface area contributed by atoms with Crippen molar-refractivity contribution in [1.29, 1.82) is 0 Å². The van der Waals surface area contributed by atoms with Gasteiger partial charge in [-0.1, -0.05) is 0 Å². The van der Waals surface area contributed by atoms with Crippen molar-refractivity contribution in [2.45, 2.75) is 12.8 Å². The minimum atomic E-state index is -2.70. The van der Waals surface area contributed by atoms with E-state index < -0.39 is 11.0 Å². The normalized spacial score (nSPS) is 10.4. The van der Waals surface area contributed by atoms with Gasteiger partial charge in [0.25, 0.3) is 11.0 Å². The number of aliphatic hydroxyl groups is 1. The van der Waals surface area contributed by atoms with E-state index in [9.17, 15) is 8.42 Å². The molecule has 56 valence electrons. The zero-order valence-corrected chi connectivity index (χ0v) is 5.84. The van der Waals surface area contributed by atoms with Gasteiger partial charge < -0.3 is 5.11 Å². The largest absolute Gasteiger partial charge is 0.396 e. The Balaban J connectivity index is 2.92. The fraction of sp³-hybridized carbons (Fsp3) is 1.00. The van der Waals surface area contributed by atoms with Crippen LogP contribution in [0.15, 0.2) is 0 Å². The van der Waals surface area contributed by atoms with Crippen LogP contribution in [0.2, 0.25) is 0 Å². The summed E-state index contributed by atoms with van der Waals surface area (Å²) < 4.78 is 23.6. The second-order valence-electron chi connectivity index (χ2n) is 1.49. The Bertz CT molecular complexity index is 112. The lowest BCUT2D eigenvalue weighted by Crippen LogP contribution is -1.93. The Kier molecular flexibility index (Phi) is 5.91. The van der Waals surface area contributed by atoms with Crippen LogP contribution in [0.1, 0.15) is 12.8 Å². The Hall–Kier alpha value is -0.130. The molecular weight excluding hydrogens is 144 g/mol. The SMILES string of the molecule is O=[SH](=O)OCCCCO. The molecule has 0 rings (SSSR count). The molecule has 4 nitrogen and oxygen atoms in total. The molecule has 0 spiro atoms. The van der Waals surface area contributed by atoms with Crippen molar-refractivity contribution in [3.05, 3.63) is 0 Å². The average Bonchev–Trinajstić information content (AvgIpc) is 1.80. The zero-order chi connectivity index (χ0) is 7.11. The highest BCUT2D eigenvalue weighted by Crippen LogP contribution is 1.87. The summed E-state index contributed by atoms with van der Waals surface area (Å²) in [7, 11) is -2.70. The number of hydrogen-bond acceptors (Lipinski definition) is 4. The second kappa shape index (κ2) is 6.00. The van der Waals surface area contributed by atoms with Crippen LogP contribution < -0.4 is 0 Å². The molecule has 0 aliphatic heterocycles. The maximum atomic E-state index is 9.71. The molecule has 9 heavy (non-hydrogen) atoms. The first-order valence-electron chi connectivity index (χ1n) is 2.65. The Labute approximate surface area is 55.6 Å². The summed E-state index contributed by atoms with van der Waals surface area (Å²) in [6.45, 7) is 0.262. The molecule has 0 unspecified atom stereocenters. The highest BCUT2D eigenvalue weighted by Gasteiger charge is 1.86. The molecule has 0 fully saturated rings. The third-order valence-electron chi connectivity index (χ3n) is 0.749. The highest BCUT2D eigenvalue weighted by molar-refractivity contribution is 7.67. The summed E-state index contributed by atoms with van der Waals surface area (Å²) in [6, 6.07) is 0. The molecule has 5 heteroatoms. The Morgan fingerprint density at radius 3 is 2.44 bits per heavy atom. The maximum Gasteiger partial charge on any atom is 0.257 e. The van der Waals surface area contributed by atoms with E-state index in [1.54, 1.807) is 0 Å². The summed E-state index contributed by atoms with van der Waals surface area (Å²) >= 11 is 0. The lowest BCUT2D eigenvalue weighted by molar-refractivity contribution is 0.259. The summed E-state index contributed by atoms with van der Waals surface area (Å²) in [6.07, 6.45) is 1.17. The van der Waals surface area contributed by atoms with Gasteiger partial charge in [0.15, 0.2) is 0 Å². The van der Waals surface area contributed by atoms with Gasteiger partial charge in [0, 0.05) is 6.61 Å². The van der Waals surface area contributed by atoms with Gasteiger partial charge in [-0.15, -0.1) is 0 Å². The van der Waals surface area contributed by atoms with Crippen molar-refractivity contribution in [3.8, 4) is 0 Å². The van der Waals surface area contributed by atoms with E-state index in [0.717, 1.165) is 0 Å². The fourth-order valence-corrected chi connectivity index (χ4v) is 0.631. The van der Waals surface area contributed by atoms with E-state index in [1.807, 2.05) is 0 Å². The number of aliphatic hydroxyl groups excluding tert-OH is 1. The van der Waals surface area contributed by atoms with Crippen molar-refractivity contribution in [1.82, 2.24) is 0 Å². The predicted molar refractivity (Wildman–Crippen MR) is 32.6 cm³/mol. The average molecular weight is 154 g/mol. The Morgan fingerprint density at radius 2 is 2.00 bits per heavy atom. The van der Waals surface area contributed by atoms with Crippen molar-refractivity contribution in [3.63, 3.8) is 0 Å². The van der Waals surface area contributed by atoms with E-state index in [-0.39, 0.29) is 13.2 Å². The summed E-state index contributed by atoms with van der Waals surface area (Å²) in [4.78, 5) is 0. The van der Waals surface area contributed by atoms with Crippen LogP contribution in [0.3, 0.4) is 0 Å². The first kappa shape index (κ1) is 8.87. The molecule has 0 amide bonds. The first-order chi connectivity index (χ1) is 4.27. The molecule has 1 N–H and O–H groups in total. The van der Waals surface area contributed by atoms with Crippen molar-refractivity contribution in [2.75, 3.05) is 13.2 Å². The van der Waals surface area contributed by atoms with Crippen LogP contribution in [0.4, 0.5) is 0 Å². The second-order valence-corrected chi connectivity index (χ2v) is 2.19. The van der Waals surface area contributed by atoms with E-state index in [1.165, 1.54) is 0 Å². The van der Waals surface area contributed by atoms with Crippen molar-refractivity contribution < 1.29 is 17.7 Å². The van der Waals surface area contributed by atoms with Gasteiger partial charge >= 0.3 is 0 Å². The van der Waals surface area contributed by atoms with Gasteiger partial charge in [0.2, 0.25) is 0 Å². The molecule has 0 saturated heterocycles. The van der Waals surface area contributed by atoms with Gasteiger partial charge in [-0.3, -0.25) is 4.18 Å². The van der Waals surface area contributed by atoms with Crippen molar-refractivity contribution >= 4 is 11.0 Å². The number of rotatable bonds is 5. The molecule has 0 aliphatic rings. The summed E-state index contributed by atoms with van der Waals surface area (Å²) in [5, 5.41) is 8.22. The first-order valence-corrected chi connectivity index (χ1v) is 3.75.